The zero-order valence-corrected chi connectivity index (χ0v) is 11.2. The predicted molar refractivity (Wildman–Crippen MR) is 83.6 cm³/mol. The molecule has 100 valence electrons. The largest absolute Gasteiger partial charge is 0.456 e. The molecule has 0 amide bonds. The van der Waals surface area contributed by atoms with E-state index in [0.717, 1.165) is 33.3 Å². The number of pyridine rings is 2. The average Bonchev–Trinajstić information content (AvgIpc) is 2.56. The number of hydrogen-bond donors (Lipinski definition) is 0. The van der Waals surface area contributed by atoms with Crippen LogP contribution in [0.5, 0.6) is 11.5 Å². The smallest absolute Gasteiger partial charge is 0.136 e. The lowest BCUT2D eigenvalue weighted by atomic mass is 10.2. The first-order valence-electron chi connectivity index (χ1n) is 6.77. The van der Waals surface area contributed by atoms with Crippen molar-refractivity contribution in [1.82, 2.24) is 9.97 Å². The molecular weight excluding hydrogens is 260 g/mol. The molecule has 2 aromatic carbocycles. The normalized spacial score (nSPS) is 10.9. The highest BCUT2D eigenvalue weighted by Gasteiger charge is 2.06. The van der Waals surface area contributed by atoms with Gasteiger partial charge in [-0.2, -0.15) is 0 Å². The summed E-state index contributed by atoms with van der Waals surface area (Å²) in [5, 5.41) is 2.00. The van der Waals surface area contributed by atoms with Crippen molar-refractivity contribution in [1.29, 1.82) is 0 Å². The van der Waals surface area contributed by atoms with Crippen LogP contribution < -0.4 is 4.74 Å². The van der Waals surface area contributed by atoms with Crippen molar-refractivity contribution < 1.29 is 4.74 Å². The summed E-state index contributed by atoms with van der Waals surface area (Å²) in [5.41, 5.74) is 1.85. The minimum atomic E-state index is 0.803. The Bertz CT molecular complexity index is 846. The van der Waals surface area contributed by atoms with Gasteiger partial charge in [-0.1, -0.05) is 12.1 Å². The summed E-state index contributed by atoms with van der Waals surface area (Å²) in [5.74, 6) is 1.61. The van der Waals surface area contributed by atoms with Crippen LogP contribution in [0.15, 0.2) is 73.1 Å². The topological polar surface area (TPSA) is 35.0 Å². The van der Waals surface area contributed by atoms with E-state index in [1.807, 2.05) is 60.7 Å². The van der Waals surface area contributed by atoms with Gasteiger partial charge in [0.05, 0.1) is 11.0 Å². The molecule has 0 spiro atoms. The van der Waals surface area contributed by atoms with Crippen LogP contribution in [0, 0.1) is 0 Å². The number of fused-ring (bicyclic) bond motifs is 2. The predicted octanol–water partition coefficient (Wildman–Crippen LogP) is 4.58. The molecule has 0 bridgehead atoms. The molecule has 0 fully saturated rings. The van der Waals surface area contributed by atoms with Gasteiger partial charge in [0.25, 0.3) is 0 Å². The number of nitrogens with zero attached hydrogens (tertiary/aromatic N) is 2. The van der Waals surface area contributed by atoms with Crippen molar-refractivity contribution in [3.05, 3.63) is 73.1 Å². The van der Waals surface area contributed by atoms with Crippen molar-refractivity contribution in [3.63, 3.8) is 0 Å². The molecule has 0 aliphatic heterocycles. The monoisotopic (exact) mass is 272 g/mol. The standard InChI is InChI=1S/C18H12N2O/c1-7-15-13(5-3-11-19-15)17(9-1)21-18-10-2-8-16-14(18)6-4-12-20-16/h1-12H. The summed E-state index contributed by atoms with van der Waals surface area (Å²) in [6.45, 7) is 0. The van der Waals surface area contributed by atoms with Gasteiger partial charge in [0.1, 0.15) is 11.5 Å². The van der Waals surface area contributed by atoms with E-state index in [4.69, 9.17) is 4.74 Å². The Balaban J connectivity index is 1.87. The van der Waals surface area contributed by atoms with Gasteiger partial charge in [-0.05, 0) is 48.5 Å². The summed E-state index contributed by atoms with van der Waals surface area (Å²) < 4.78 is 6.12. The molecule has 0 saturated heterocycles. The molecule has 21 heavy (non-hydrogen) atoms. The van der Waals surface area contributed by atoms with E-state index in [2.05, 4.69) is 9.97 Å². The number of rotatable bonds is 2. The van der Waals surface area contributed by atoms with Gasteiger partial charge < -0.3 is 4.74 Å². The third kappa shape index (κ3) is 2.09. The van der Waals surface area contributed by atoms with Gasteiger partial charge in [-0.15, -0.1) is 0 Å². The molecule has 0 N–H and O–H groups in total. The van der Waals surface area contributed by atoms with Crippen LogP contribution in [-0.4, -0.2) is 9.97 Å². The fraction of sp³-hybridized carbons (Fsp3) is 0. The second-order valence-electron chi connectivity index (χ2n) is 4.75. The molecule has 2 aromatic heterocycles. The molecular formula is C18H12N2O. The lowest BCUT2D eigenvalue weighted by molar-refractivity contribution is 0.494. The van der Waals surface area contributed by atoms with E-state index in [-0.39, 0.29) is 0 Å². The molecule has 0 radical (unpaired) electrons. The van der Waals surface area contributed by atoms with E-state index in [1.165, 1.54) is 0 Å². The van der Waals surface area contributed by atoms with Gasteiger partial charge in [-0.25, -0.2) is 0 Å². The Kier molecular flexibility index (Phi) is 2.75. The maximum atomic E-state index is 6.12. The Labute approximate surface area is 121 Å². The third-order valence-corrected chi connectivity index (χ3v) is 3.43. The Morgan fingerprint density at radius 2 is 1.10 bits per heavy atom. The molecule has 0 atom stereocenters. The summed E-state index contributed by atoms with van der Waals surface area (Å²) >= 11 is 0. The molecule has 0 saturated carbocycles. The highest BCUT2D eigenvalue weighted by molar-refractivity contribution is 5.88. The maximum Gasteiger partial charge on any atom is 0.136 e. The first-order valence-corrected chi connectivity index (χ1v) is 6.77. The SMILES string of the molecule is c1cc(Oc2cccc3ncccc23)c2cccnc2c1. The molecule has 0 aliphatic carbocycles. The molecule has 2 heterocycles. The van der Waals surface area contributed by atoms with Crippen molar-refractivity contribution in [2.24, 2.45) is 0 Å². The third-order valence-electron chi connectivity index (χ3n) is 3.43. The van der Waals surface area contributed by atoms with Crippen molar-refractivity contribution >= 4 is 21.8 Å². The first-order chi connectivity index (χ1) is 10.4. The zero-order valence-electron chi connectivity index (χ0n) is 11.2. The van der Waals surface area contributed by atoms with Crippen LogP contribution in [0.3, 0.4) is 0 Å². The summed E-state index contributed by atoms with van der Waals surface area (Å²) in [6, 6.07) is 19.6. The summed E-state index contributed by atoms with van der Waals surface area (Å²) in [6.07, 6.45) is 3.57. The van der Waals surface area contributed by atoms with Gasteiger partial charge >= 0.3 is 0 Å². The lowest BCUT2D eigenvalue weighted by Gasteiger charge is -2.10. The molecule has 0 unspecified atom stereocenters. The van der Waals surface area contributed by atoms with Gasteiger partial charge in [0, 0.05) is 23.2 Å². The van der Waals surface area contributed by atoms with Crippen LogP contribution >= 0.6 is 0 Å². The van der Waals surface area contributed by atoms with Crippen LogP contribution in [0.4, 0.5) is 0 Å². The molecule has 4 rings (SSSR count). The number of hydrogen-bond acceptors (Lipinski definition) is 3. The quantitative estimate of drug-likeness (QED) is 0.536. The van der Waals surface area contributed by atoms with E-state index in [1.54, 1.807) is 12.4 Å². The van der Waals surface area contributed by atoms with E-state index in [0.29, 0.717) is 0 Å². The number of benzene rings is 2. The Morgan fingerprint density at radius 1 is 0.571 bits per heavy atom. The van der Waals surface area contributed by atoms with Crippen LogP contribution in [0.1, 0.15) is 0 Å². The maximum absolute atomic E-state index is 6.12. The van der Waals surface area contributed by atoms with Crippen molar-refractivity contribution in [2.45, 2.75) is 0 Å². The average molecular weight is 272 g/mol. The van der Waals surface area contributed by atoms with E-state index >= 15 is 0 Å². The molecule has 3 nitrogen and oxygen atoms in total. The van der Waals surface area contributed by atoms with E-state index in [9.17, 15) is 0 Å². The Hall–Kier alpha value is -2.94. The van der Waals surface area contributed by atoms with Crippen molar-refractivity contribution in [2.75, 3.05) is 0 Å². The first kappa shape index (κ1) is 11.9. The van der Waals surface area contributed by atoms with Crippen molar-refractivity contribution in [3.8, 4) is 11.5 Å². The van der Waals surface area contributed by atoms with Gasteiger partial charge in [0.2, 0.25) is 0 Å². The highest BCUT2D eigenvalue weighted by Crippen LogP contribution is 2.32. The fourth-order valence-electron chi connectivity index (χ4n) is 2.45. The summed E-state index contributed by atoms with van der Waals surface area (Å²) in [4.78, 5) is 8.71. The van der Waals surface area contributed by atoms with E-state index < -0.39 is 0 Å². The van der Waals surface area contributed by atoms with Crippen LogP contribution in [0.25, 0.3) is 21.8 Å². The highest BCUT2D eigenvalue weighted by atomic mass is 16.5. The zero-order chi connectivity index (χ0) is 14.1. The second-order valence-corrected chi connectivity index (χ2v) is 4.75. The van der Waals surface area contributed by atoms with Crippen LogP contribution in [0.2, 0.25) is 0 Å². The van der Waals surface area contributed by atoms with Gasteiger partial charge in [0.15, 0.2) is 0 Å². The van der Waals surface area contributed by atoms with Gasteiger partial charge in [-0.3, -0.25) is 9.97 Å². The fourth-order valence-corrected chi connectivity index (χ4v) is 2.45. The second kappa shape index (κ2) is 4.87. The number of ether oxygens (including phenoxy) is 1. The Morgan fingerprint density at radius 3 is 1.62 bits per heavy atom. The van der Waals surface area contributed by atoms with Crippen LogP contribution in [-0.2, 0) is 0 Å². The minimum Gasteiger partial charge on any atom is -0.456 e. The molecule has 4 aromatic rings. The molecule has 0 aliphatic rings. The minimum absolute atomic E-state index is 0.803. The number of aromatic nitrogens is 2. The molecule has 3 heteroatoms. The lowest BCUT2D eigenvalue weighted by Crippen LogP contribution is -1.89. The summed E-state index contributed by atoms with van der Waals surface area (Å²) in [7, 11) is 0.